The van der Waals surface area contributed by atoms with Crippen LogP contribution in [-0.4, -0.2) is 36.4 Å². The molecular weight excluding hydrogens is 356 g/mol. The number of allylic oxidation sites excluding steroid dienone is 1. The van der Waals surface area contributed by atoms with Gasteiger partial charge in [-0.2, -0.15) is 0 Å². The highest BCUT2D eigenvalue weighted by Crippen LogP contribution is 2.16. The normalized spacial score (nSPS) is 14.8. The first-order chi connectivity index (χ1) is 13.4. The van der Waals surface area contributed by atoms with E-state index in [1.807, 2.05) is 0 Å². The molecule has 0 aromatic rings. The maximum atomic E-state index is 12.0. The molecule has 1 N–H and O–H groups in total. The molecular formula is C23H42O5. The van der Waals surface area contributed by atoms with Crippen molar-refractivity contribution < 1.29 is 24.2 Å². The Morgan fingerprint density at radius 1 is 0.964 bits per heavy atom. The van der Waals surface area contributed by atoms with Crippen molar-refractivity contribution in [2.24, 2.45) is 5.92 Å². The minimum atomic E-state index is -0.684. The monoisotopic (exact) mass is 398 g/mol. The van der Waals surface area contributed by atoms with Gasteiger partial charge in [-0.15, -0.1) is 0 Å². The van der Waals surface area contributed by atoms with Crippen LogP contribution in [0, 0.1) is 5.92 Å². The Morgan fingerprint density at radius 2 is 1.61 bits per heavy atom. The average molecular weight is 399 g/mol. The summed E-state index contributed by atoms with van der Waals surface area (Å²) in [6.07, 6.45) is 15.4. The molecule has 0 aromatic heterocycles. The average Bonchev–Trinajstić information content (AvgIpc) is 2.66. The van der Waals surface area contributed by atoms with Crippen LogP contribution in [0.1, 0.15) is 97.8 Å². The molecule has 0 saturated carbocycles. The predicted octanol–water partition coefficient (Wildman–Crippen LogP) is 5.35. The summed E-state index contributed by atoms with van der Waals surface area (Å²) < 4.78 is 10.00. The Kier molecular flexibility index (Phi) is 17.1. The fourth-order valence-electron chi connectivity index (χ4n) is 3.04. The number of hydrogen-bond acceptors (Lipinski definition) is 5. The number of esters is 1. The van der Waals surface area contributed by atoms with Crippen LogP contribution in [0.3, 0.4) is 0 Å². The van der Waals surface area contributed by atoms with Gasteiger partial charge in [0.25, 0.3) is 0 Å². The van der Waals surface area contributed by atoms with Crippen molar-refractivity contribution in [3.8, 4) is 0 Å². The van der Waals surface area contributed by atoms with Crippen molar-refractivity contribution in [1.82, 2.24) is 0 Å². The summed E-state index contributed by atoms with van der Waals surface area (Å²) in [4.78, 5) is 23.7. The maximum absolute atomic E-state index is 12.0. The summed E-state index contributed by atoms with van der Waals surface area (Å²) in [5.74, 6) is -1.32. The van der Waals surface area contributed by atoms with Gasteiger partial charge in [0, 0.05) is 7.11 Å². The zero-order valence-electron chi connectivity index (χ0n) is 18.5. The largest absolute Gasteiger partial charge is 0.436 e. The van der Waals surface area contributed by atoms with Crippen LogP contribution in [0.4, 0.5) is 0 Å². The van der Waals surface area contributed by atoms with Crippen LogP contribution in [0.15, 0.2) is 12.2 Å². The number of rotatable bonds is 18. The van der Waals surface area contributed by atoms with Gasteiger partial charge in [-0.25, -0.2) is 0 Å². The van der Waals surface area contributed by atoms with Crippen LogP contribution in [0.2, 0.25) is 0 Å². The highest BCUT2D eigenvalue weighted by molar-refractivity contribution is 5.97. The summed E-state index contributed by atoms with van der Waals surface area (Å²) in [6, 6.07) is 0. The molecule has 164 valence electrons. The third kappa shape index (κ3) is 14.8. The van der Waals surface area contributed by atoms with Gasteiger partial charge in [0.2, 0.25) is 0 Å². The van der Waals surface area contributed by atoms with Crippen LogP contribution < -0.4 is 0 Å². The van der Waals surface area contributed by atoms with Gasteiger partial charge < -0.3 is 14.6 Å². The van der Waals surface area contributed by atoms with E-state index in [9.17, 15) is 14.7 Å². The molecule has 5 heteroatoms. The number of hydrogen-bond donors (Lipinski definition) is 1. The molecule has 0 aliphatic heterocycles. The van der Waals surface area contributed by atoms with E-state index < -0.39 is 18.2 Å². The number of ketones is 1. The van der Waals surface area contributed by atoms with Gasteiger partial charge in [-0.3, -0.25) is 9.59 Å². The molecule has 3 atom stereocenters. The number of carbonyl (C=O) groups excluding carboxylic acids is 2. The van der Waals surface area contributed by atoms with Crippen LogP contribution in [-0.2, 0) is 19.1 Å². The highest BCUT2D eigenvalue weighted by Gasteiger charge is 2.25. The van der Waals surface area contributed by atoms with Gasteiger partial charge in [0.15, 0.2) is 6.29 Å². The van der Waals surface area contributed by atoms with Crippen LogP contribution in [0.5, 0.6) is 0 Å². The second kappa shape index (κ2) is 17.9. The second-order valence-corrected chi connectivity index (χ2v) is 7.61. The van der Waals surface area contributed by atoms with E-state index in [1.165, 1.54) is 33.3 Å². The molecule has 0 fully saturated rings. The Bertz CT molecular complexity index is 433. The molecule has 0 saturated heterocycles. The topological polar surface area (TPSA) is 72.8 Å². The lowest BCUT2D eigenvalue weighted by Gasteiger charge is -2.16. The molecule has 0 amide bonds. The summed E-state index contributed by atoms with van der Waals surface area (Å²) in [6.45, 7) is 5.26. The lowest BCUT2D eigenvalue weighted by Crippen LogP contribution is -2.28. The summed E-state index contributed by atoms with van der Waals surface area (Å²) >= 11 is 0. The second-order valence-electron chi connectivity index (χ2n) is 7.61. The number of carbonyl (C=O) groups is 2. The molecule has 0 aliphatic rings. The molecule has 0 bridgehead atoms. The minimum Gasteiger partial charge on any atom is -0.436 e. The van der Waals surface area contributed by atoms with E-state index in [-0.39, 0.29) is 11.9 Å². The maximum Gasteiger partial charge on any atom is 0.318 e. The number of ether oxygens (including phenoxy) is 2. The Labute approximate surface area is 171 Å². The summed E-state index contributed by atoms with van der Waals surface area (Å²) in [7, 11) is 1.46. The van der Waals surface area contributed by atoms with Gasteiger partial charge in [0.1, 0.15) is 11.7 Å². The SMILES string of the molecule is CCCCCC[C@@H](O)C/C=C\CCCCCCC(C(C)=O)C(=O)OC(C)OC. The number of aliphatic hydroxyl groups is 1. The first-order valence-corrected chi connectivity index (χ1v) is 11.0. The smallest absolute Gasteiger partial charge is 0.318 e. The van der Waals surface area contributed by atoms with Gasteiger partial charge in [-0.1, -0.05) is 64.0 Å². The zero-order chi connectivity index (χ0) is 21.2. The fourth-order valence-corrected chi connectivity index (χ4v) is 3.04. The minimum absolute atomic E-state index is 0.149. The third-order valence-corrected chi connectivity index (χ3v) is 4.97. The molecule has 2 unspecified atom stereocenters. The molecule has 0 heterocycles. The molecule has 0 spiro atoms. The zero-order valence-corrected chi connectivity index (χ0v) is 18.5. The number of Topliss-reactive ketones (excluding diaryl/α,β-unsaturated/α-hetero) is 1. The van der Waals surface area contributed by atoms with Crippen molar-refractivity contribution in [2.75, 3.05) is 7.11 Å². The standard InChI is InChI=1S/C23H42O5/c1-5-6-7-13-16-21(25)17-14-11-9-8-10-12-15-18-22(19(2)24)23(26)28-20(3)27-4/h11,14,20-22,25H,5-10,12-13,15-18H2,1-4H3/b14-11-/t20?,21-,22?/m1/s1. The van der Waals surface area contributed by atoms with E-state index >= 15 is 0 Å². The number of methoxy groups -OCH3 is 1. The molecule has 0 rings (SSSR count). The lowest BCUT2D eigenvalue weighted by molar-refractivity contribution is -0.175. The fraction of sp³-hybridized carbons (Fsp3) is 0.826. The quantitative estimate of drug-likeness (QED) is 0.111. The van der Waals surface area contributed by atoms with Crippen molar-refractivity contribution in [2.45, 2.75) is 110 Å². The highest BCUT2D eigenvalue weighted by atomic mass is 16.7. The Balaban J connectivity index is 3.77. The summed E-state index contributed by atoms with van der Waals surface area (Å²) in [5, 5.41) is 9.91. The lowest BCUT2D eigenvalue weighted by atomic mass is 9.97. The molecule has 28 heavy (non-hydrogen) atoms. The van der Waals surface area contributed by atoms with E-state index in [0.29, 0.717) is 6.42 Å². The van der Waals surface area contributed by atoms with Crippen LogP contribution in [0.25, 0.3) is 0 Å². The predicted molar refractivity (Wildman–Crippen MR) is 113 cm³/mol. The number of aliphatic hydroxyl groups excluding tert-OH is 1. The van der Waals surface area contributed by atoms with E-state index in [4.69, 9.17) is 9.47 Å². The first-order valence-electron chi connectivity index (χ1n) is 11.0. The van der Waals surface area contributed by atoms with Crippen molar-refractivity contribution in [3.63, 3.8) is 0 Å². The van der Waals surface area contributed by atoms with Gasteiger partial charge in [0.05, 0.1) is 6.10 Å². The van der Waals surface area contributed by atoms with E-state index in [2.05, 4.69) is 19.1 Å². The molecule has 0 aromatic carbocycles. The molecule has 0 aliphatic carbocycles. The third-order valence-electron chi connectivity index (χ3n) is 4.97. The van der Waals surface area contributed by atoms with Gasteiger partial charge >= 0.3 is 5.97 Å². The van der Waals surface area contributed by atoms with Crippen molar-refractivity contribution in [3.05, 3.63) is 12.2 Å². The van der Waals surface area contributed by atoms with E-state index in [0.717, 1.165) is 51.4 Å². The van der Waals surface area contributed by atoms with Crippen molar-refractivity contribution >= 4 is 11.8 Å². The van der Waals surface area contributed by atoms with Crippen molar-refractivity contribution in [1.29, 1.82) is 0 Å². The number of unbranched alkanes of at least 4 members (excludes halogenated alkanes) is 7. The molecule has 0 radical (unpaired) electrons. The molecule has 5 nitrogen and oxygen atoms in total. The van der Waals surface area contributed by atoms with Gasteiger partial charge in [-0.05, 0) is 46.0 Å². The Hall–Kier alpha value is -1.20. The Morgan fingerprint density at radius 3 is 2.25 bits per heavy atom. The first kappa shape index (κ1) is 26.8. The van der Waals surface area contributed by atoms with Crippen LogP contribution >= 0.6 is 0 Å². The van der Waals surface area contributed by atoms with E-state index in [1.54, 1.807) is 6.92 Å². The summed E-state index contributed by atoms with van der Waals surface area (Å²) in [5.41, 5.74) is 0.